The molecule has 1 aromatic heterocycles. The first-order valence-electron chi connectivity index (χ1n) is 9.90. The van der Waals surface area contributed by atoms with Crippen molar-refractivity contribution in [3.05, 3.63) is 69.1 Å². The average Bonchev–Trinajstić information content (AvgIpc) is 2.72. The second-order valence-corrected chi connectivity index (χ2v) is 7.60. The predicted octanol–water partition coefficient (Wildman–Crippen LogP) is 1.64. The number of nitrogens with one attached hydrogen (secondary N) is 2. The molecule has 1 aliphatic heterocycles. The third kappa shape index (κ3) is 4.74. The molecule has 7 nitrogen and oxygen atoms in total. The molecule has 0 spiro atoms. The van der Waals surface area contributed by atoms with Gasteiger partial charge in [-0.1, -0.05) is 25.1 Å². The maximum absolute atomic E-state index is 12.8. The molecule has 1 aliphatic rings. The lowest BCUT2D eigenvalue weighted by Crippen LogP contribution is -2.52. The van der Waals surface area contributed by atoms with Crippen molar-refractivity contribution in [1.82, 2.24) is 15.2 Å². The number of pyridine rings is 1. The van der Waals surface area contributed by atoms with E-state index in [2.05, 4.69) is 10.3 Å². The zero-order valence-electron chi connectivity index (χ0n) is 16.8. The molecular formula is C22H27N3O4. The van der Waals surface area contributed by atoms with Crippen LogP contribution in [0.1, 0.15) is 51.7 Å². The number of likely N-dealkylation sites (tertiary alicyclic amines) is 1. The SMILES string of the molecule is CCc1ccccc1C(=O)N1CCC(O)(CNC(=O)c2c[nH]c(C)cc2=O)CC1. The molecule has 0 saturated carbocycles. The predicted molar refractivity (Wildman–Crippen MR) is 110 cm³/mol. The van der Waals surface area contributed by atoms with Gasteiger partial charge < -0.3 is 20.3 Å². The van der Waals surface area contributed by atoms with Crippen LogP contribution in [0.2, 0.25) is 0 Å². The smallest absolute Gasteiger partial charge is 0.256 e. The van der Waals surface area contributed by atoms with E-state index in [1.54, 1.807) is 11.8 Å². The van der Waals surface area contributed by atoms with E-state index in [-0.39, 0.29) is 23.4 Å². The molecule has 1 saturated heterocycles. The summed E-state index contributed by atoms with van der Waals surface area (Å²) in [5, 5.41) is 13.5. The highest BCUT2D eigenvalue weighted by Crippen LogP contribution is 2.24. The number of rotatable bonds is 5. The maximum atomic E-state index is 12.8. The zero-order chi connectivity index (χ0) is 21.0. The lowest BCUT2D eigenvalue weighted by Gasteiger charge is -2.38. The van der Waals surface area contributed by atoms with E-state index in [9.17, 15) is 19.5 Å². The molecule has 0 bridgehead atoms. The van der Waals surface area contributed by atoms with Crippen LogP contribution in [0.15, 0.2) is 41.3 Å². The third-order valence-electron chi connectivity index (χ3n) is 5.49. The topological polar surface area (TPSA) is 102 Å². The second kappa shape index (κ2) is 8.61. The van der Waals surface area contributed by atoms with Gasteiger partial charge in [-0.2, -0.15) is 0 Å². The van der Waals surface area contributed by atoms with Gasteiger partial charge in [0.1, 0.15) is 5.56 Å². The van der Waals surface area contributed by atoms with Crippen LogP contribution in [0.5, 0.6) is 0 Å². The Morgan fingerprint density at radius 2 is 1.90 bits per heavy atom. The minimum atomic E-state index is -1.10. The fourth-order valence-corrected chi connectivity index (χ4v) is 3.60. The summed E-state index contributed by atoms with van der Waals surface area (Å²) in [6.07, 6.45) is 2.88. The number of nitrogens with zero attached hydrogens (tertiary/aromatic N) is 1. The number of carbonyl (C=O) groups is 2. The summed E-state index contributed by atoms with van der Waals surface area (Å²) in [4.78, 5) is 41.6. The van der Waals surface area contributed by atoms with Crippen LogP contribution in [0.25, 0.3) is 0 Å². The Balaban J connectivity index is 1.58. The zero-order valence-corrected chi connectivity index (χ0v) is 16.8. The third-order valence-corrected chi connectivity index (χ3v) is 5.49. The van der Waals surface area contributed by atoms with E-state index in [1.807, 2.05) is 31.2 Å². The van der Waals surface area contributed by atoms with Crippen molar-refractivity contribution in [3.8, 4) is 0 Å². The molecule has 0 radical (unpaired) electrons. The highest BCUT2D eigenvalue weighted by molar-refractivity contribution is 5.96. The van der Waals surface area contributed by atoms with Crippen LogP contribution in [0.4, 0.5) is 0 Å². The van der Waals surface area contributed by atoms with Crippen molar-refractivity contribution < 1.29 is 14.7 Å². The number of aromatic amines is 1. The standard InChI is InChI=1S/C22H27N3O4/c1-3-16-6-4-5-7-17(16)21(28)25-10-8-22(29,9-11-25)14-24-20(27)18-13-23-15(2)12-19(18)26/h4-7,12-13,29H,3,8-11,14H2,1-2H3,(H,23,26)(H,24,27). The fourth-order valence-electron chi connectivity index (χ4n) is 3.60. The van der Waals surface area contributed by atoms with Gasteiger partial charge in [0.25, 0.3) is 11.8 Å². The van der Waals surface area contributed by atoms with E-state index in [4.69, 9.17) is 0 Å². The van der Waals surface area contributed by atoms with Crippen LogP contribution in [-0.4, -0.2) is 52.0 Å². The molecule has 0 atom stereocenters. The molecule has 2 heterocycles. The Morgan fingerprint density at radius 1 is 1.21 bits per heavy atom. The van der Waals surface area contributed by atoms with Gasteiger partial charge in [0.2, 0.25) is 0 Å². The maximum Gasteiger partial charge on any atom is 0.256 e. The molecule has 29 heavy (non-hydrogen) atoms. The summed E-state index contributed by atoms with van der Waals surface area (Å²) in [5.74, 6) is -0.547. The van der Waals surface area contributed by atoms with Gasteiger partial charge in [-0.25, -0.2) is 0 Å². The van der Waals surface area contributed by atoms with Crippen LogP contribution < -0.4 is 10.7 Å². The highest BCUT2D eigenvalue weighted by atomic mass is 16.3. The van der Waals surface area contributed by atoms with Gasteiger partial charge in [0.05, 0.1) is 5.60 Å². The summed E-state index contributed by atoms with van der Waals surface area (Å²) >= 11 is 0. The Hall–Kier alpha value is -2.93. The summed E-state index contributed by atoms with van der Waals surface area (Å²) in [6, 6.07) is 8.93. The minimum absolute atomic E-state index is 0.0167. The average molecular weight is 397 g/mol. The van der Waals surface area contributed by atoms with E-state index < -0.39 is 11.5 Å². The molecule has 2 amide bonds. The number of aliphatic hydroxyl groups is 1. The van der Waals surface area contributed by atoms with Crippen LogP contribution in [0.3, 0.4) is 0 Å². The van der Waals surface area contributed by atoms with Gasteiger partial charge >= 0.3 is 0 Å². The number of benzene rings is 1. The fraction of sp³-hybridized carbons (Fsp3) is 0.409. The van der Waals surface area contributed by atoms with Crippen molar-refractivity contribution in [2.75, 3.05) is 19.6 Å². The van der Waals surface area contributed by atoms with E-state index >= 15 is 0 Å². The Morgan fingerprint density at radius 3 is 2.55 bits per heavy atom. The normalized spacial score (nSPS) is 15.8. The van der Waals surface area contributed by atoms with Crippen molar-refractivity contribution in [2.45, 2.75) is 38.7 Å². The molecule has 7 heteroatoms. The molecule has 2 aromatic rings. The van der Waals surface area contributed by atoms with E-state index in [0.717, 1.165) is 12.0 Å². The van der Waals surface area contributed by atoms with Crippen LogP contribution in [0, 0.1) is 6.92 Å². The first-order chi connectivity index (χ1) is 13.8. The van der Waals surface area contributed by atoms with Crippen molar-refractivity contribution in [1.29, 1.82) is 0 Å². The van der Waals surface area contributed by atoms with E-state index in [1.165, 1.54) is 12.3 Å². The summed E-state index contributed by atoms with van der Waals surface area (Å²) in [7, 11) is 0. The van der Waals surface area contributed by atoms with Crippen molar-refractivity contribution >= 4 is 11.8 Å². The van der Waals surface area contributed by atoms with Gasteiger partial charge in [-0.15, -0.1) is 0 Å². The largest absolute Gasteiger partial charge is 0.388 e. The number of carbonyl (C=O) groups excluding carboxylic acids is 2. The van der Waals surface area contributed by atoms with Crippen LogP contribution >= 0.6 is 0 Å². The second-order valence-electron chi connectivity index (χ2n) is 7.60. The number of hydrogen-bond acceptors (Lipinski definition) is 4. The molecule has 0 unspecified atom stereocenters. The number of amides is 2. The number of H-pyrrole nitrogens is 1. The first-order valence-corrected chi connectivity index (χ1v) is 9.90. The minimum Gasteiger partial charge on any atom is -0.388 e. The molecule has 0 aliphatic carbocycles. The Bertz CT molecular complexity index is 959. The summed E-state index contributed by atoms with van der Waals surface area (Å²) in [5.41, 5.74) is 0.936. The van der Waals surface area contributed by atoms with Gasteiger partial charge in [-0.3, -0.25) is 14.4 Å². The number of hydrogen-bond donors (Lipinski definition) is 3. The van der Waals surface area contributed by atoms with Crippen LogP contribution in [-0.2, 0) is 6.42 Å². The quantitative estimate of drug-likeness (QED) is 0.714. The van der Waals surface area contributed by atoms with Gasteiger partial charge in [0, 0.05) is 43.2 Å². The lowest BCUT2D eigenvalue weighted by molar-refractivity contribution is -0.0149. The molecule has 3 rings (SSSR count). The first kappa shape index (κ1) is 20.8. The monoisotopic (exact) mass is 397 g/mol. The van der Waals surface area contributed by atoms with Crippen molar-refractivity contribution in [2.24, 2.45) is 0 Å². The molecule has 1 fully saturated rings. The summed E-state index contributed by atoms with van der Waals surface area (Å²) in [6.45, 7) is 4.61. The molecular weight excluding hydrogens is 370 g/mol. The number of piperidine rings is 1. The van der Waals surface area contributed by atoms with Gasteiger partial charge in [0.15, 0.2) is 5.43 Å². The van der Waals surface area contributed by atoms with Crippen molar-refractivity contribution in [3.63, 3.8) is 0 Å². The summed E-state index contributed by atoms with van der Waals surface area (Å²) < 4.78 is 0. The van der Waals surface area contributed by atoms with Gasteiger partial charge in [-0.05, 0) is 37.8 Å². The number of aryl methyl sites for hydroxylation is 2. The molecule has 154 valence electrons. The Labute approximate surface area is 169 Å². The van der Waals surface area contributed by atoms with E-state index in [0.29, 0.717) is 37.2 Å². The lowest BCUT2D eigenvalue weighted by atomic mass is 9.90. The molecule has 3 N–H and O–H groups in total. The highest BCUT2D eigenvalue weighted by Gasteiger charge is 2.35. The Kier molecular flexibility index (Phi) is 6.17. The number of aromatic nitrogens is 1. The molecule has 1 aromatic carbocycles.